The van der Waals surface area contributed by atoms with Crippen molar-refractivity contribution in [3.8, 4) is 0 Å². The van der Waals surface area contributed by atoms with Crippen LogP contribution < -0.4 is 5.32 Å². The van der Waals surface area contributed by atoms with Crippen molar-refractivity contribution in [1.29, 1.82) is 0 Å². The summed E-state index contributed by atoms with van der Waals surface area (Å²) in [6.07, 6.45) is 5.99. The van der Waals surface area contributed by atoms with Gasteiger partial charge in [-0.05, 0) is 48.1 Å². The SMILES string of the molecule is O=C(C[C@H](CCc1ccccc1)c1c[nH]c2ccccc12)NCc1ccco1. The molecule has 4 nitrogen and oxygen atoms in total. The van der Waals surface area contributed by atoms with Gasteiger partial charge in [0, 0.05) is 23.5 Å². The fourth-order valence-corrected chi connectivity index (χ4v) is 3.68. The maximum Gasteiger partial charge on any atom is 0.220 e. The Labute approximate surface area is 164 Å². The number of H-pyrrole nitrogens is 1. The first-order chi connectivity index (χ1) is 13.8. The maximum atomic E-state index is 12.6. The van der Waals surface area contributed by atoms with E-state index in [1.165, 1.54) is 16.5 Å². The molecule has 2 aromatic carbocycles. The van der Waals surface area contributed by atoms with Gasteiger partial charge in [-0.2, -0.15) is 0 Å². The molecule has 1 amide bonds. The van der Waals surface area contributed by atoms with Crippen molar-refractivity contribution >= 4 is 16.8 Å². The molecule has 2 N–H and O–H groups in total. The van der Waals surface area contributed by atoms with Crippen molar-refractivity contribution in [1.82, 2.24) is 10.3 Å². The summed E-state index contributed by atoms with van der Waals surface area (Å²) in [6, 6.07) is 22.4. The summed E-state index contributed by atoms with van der Waals surface area (Å²) < 4.78 is 5.30. The van der Waals surface area contributed by atoms with E-state index in [0.717, 1.165) is 24.1 Å². The van der Waals surface area contributed by atoms with E-state index in [2.05, 4.69) is 52.9 Å². The highest BCUT2D eigenvalue weighted by atomic mass is 16.3. The normalized spacial score (nSPS) is 12.1. The van der Waals surface area contributed by atoms with Gasteiger partial charge in [0.05, 0.1) is 12.8 Å². The van der Waals surface area contributed by atoms with Crippen LogP contribution in [0.15, 0.2) is 83.6 Å². The molecule has 0 aliphatic carbocycles. The summed E-state index contributed by atoms with van der Waals surface area (Å²) in [5.41, 5.74) is 3.61. The largest absolute Gasteiger partial charge is 0.467 e. The molecule has 1 atom stereocenters. The Morgan fingerprint density at radius 3 is 2.64 bits per heavy atom. The lowest BCUT2D eigenvalue weighted by atomic mass is 9.89. The van der Waals surface area contributed by atoms with E-state index in [1.807, 2.05) is 30.3 Å². The Balaban J connectivity index is 1.50. The molecule has 2 heterocycles. The summed E-state index contributed by atoms with van der Waals surface area (Å²) in [6.45, 7) is 0.422. The molecular formula is C24H24N2O2. The van der Waals surface area contributed by atoms with Gasteiger partial charge in [-0.3, -0.25) is 4.79 Å². The van der Waals surface area contributed by atoms with Gasteiger partial charge >= 0.3 is 0 Å². The predicted molar refractivity (Wildman–Crippen MR) is 111 cm³/mol. The zero-order valence-electron chi connectivity index (χ0n) is 15.7. The van der Waals surface area contributed by atoms with Crippen LogP contribution in [0.25, 0.3) is 10.9 Å². The van der Waals surface area contributed by atoms with E-state index in [1.54, 1.807) is 6.26 Å². The number of nitrogens with one attached hydrogen (secondary N) is 2. The van der Waals surface area contributed by atoms with Gasteiger partial charge in [-0.1, -0.05) is 48.5 Å². The zero-order chi connectivity index (χ0) is 19.2. The quantitative estimate of drug-likeness (QED) is 0.447. The van der Waals surface area contributed by atoms with Crippen LogP contribution in [0.2, 0.25) is 0 Å². The Hall–Kier alpha value is -3.27. The van der Waals surface area contributed by atoms with Gasteiger partial charge in [0.15, 0.2) is 0 Å². The molecule has 0 aliphatic rings. The van der Waals surface area contributed by atoms with Gasteiger partial charge in [-0.15, -0.1) is 0 Å². The number of hydrogen-bond donors (Lipinski definition) is 2. The highest BCUT2D eigenvalue weighted by molar-refractivity contribution is 5.85. The second-order valence-corrected chi connectivity index (χ2v) is 7.07. The number of rotatable bonds is 8. The summed E-state index contributed by atoms with van der Waals surface area (Å²) in [5, 5.41) is 4.17. The lowest BCUT2D eigenvalue weighted by Gasteiger charge is -2.16. The number of hydrogen-bond acceptors (Lipinski definition) is 2. The first-order valence-corrected chi connectivity index (χ1v) is 9.68. The third-order valence-corrected chi connectivity index (χ3v) is 5.16. The minimum Gasteiger partial charge on any atom is -0.467 e. The number of fused-ring (bicyclic) bond motifs is 1. The van der Waals surface area contributed by atoms with E-state index >= 15 is 0 Å². The molecule has 0 bridgehead atoms. The molecule has 0 spiro atoms. The third-order valence-electron chi connectivity index (χ3n) is 5.16. The number of para-hydroxylation sites is 1. The summed E-state index contributed by atoms with van der Waals surface area (Å²) >= 11 is 0. The Morgan fingerprint density at radius 2 is 1.82 bits per heavy atom. The summed E-state index contributed by atoms with van der Waals surface area (Å²) in [4.78, 5) is 16.0. The first-order valence-electron chi connectivity index (χ1n) is 9.68. The van der Waals surface area contributed by atoms with E-state index in [4.69, 9.17) is 4.42 Å². The van der Waals surface area contributed by atoms with E-state index in [0.29, 0.717) is 13.0 Å². The van der Waals surface area contributed by atoms with E-state index < -0.39 is 0 Å². The summed E-state index contributed by atoms with van der Waals surface area (Å²) in [5.74, 6) is 0.953. The first kappa shape index (κ1) is 18.1. The van der Waals surface area contributed by atoms with Crippen molar-refractivity contribution in [2.75, 3.05) is 0 Å². The number of aromatic nitrogens is 1. The molecule has 0 saturated carbocycles. The molecular weight excluding hydrogens is 348 g/mol. The highest BCUT2D eigenvalue weighted by Crippen LogP contribution is 2.31. The molecule has 28 heavy (non-hydrogen) atoms. The van der Waals surface area contributed by atoms with Crippen molar-refractivity contribution in [2.24, 2.45) is 0 Å². The average molecular weight is 372 g/mol. The van der Waals surface area contributed by atoms with Crippen LogP contribution in [-0.4, -0.2) is 10.9 Å². The maximum absolute atomic E-state index is 12.6. The minimum atomic E-state index is 0.0414. The third kappa shape index (κ3) is 4.34. The highest BCUT2D eigenvalue weighted by Gasteiger charge is 2.19. The predicted octanol–water partition coefficient (Wildman–Crippen LogP) is 5.18. The van der Waals surface area contributed by atoms with Crippen LogP contribution in [0.1, 0.15) is 35.6 Å². The van der Waals surface area contributed by atoms with Gasteiger partial charge in [0.1, 0.15) is 5.76 Å². The molecule has 4 heteroatoms. The number of carbonyl (C=O) groups excluding carboxylic acids is 1. The number of benzene rings is 2. The van der Waals surface area contributed by atoms with Crippen molar-refractivity contribution < 1.29 is 9.21 Å². The number of amides is 1. The number of aromatic amines is 1. The molecule has 0 fully saturated rings. The molecule has 4 rings (SSSR count). The fourth-order valence-electron chi connectivity index (χ4n) is 3.68. The molecule has 2 aromatic heterocycles. The zero-order valence-corrected chi connectivity index (χ0v) is 15.7. The van der Waals surface area contributed by atoms with Crippen molar-refractivity contribution in [3.63, 3.8) is 0 Å². The fraction of sp³-hybridized carbons (Fsp3) is 0.208. The topological polar surface area (TPSA) is 58.0 Å². The standard InChI is InChI=1S/C24H24N2O2/c27-24(26-16-20-9-6-14-28-20)15-19(13-12-18-7-2-1-3-8-18)22-17-25-23-11-5-4-10-21(22)23/h1-11,14,17,19,25H,12-13,15-16H2,(H,26,27)/t19-/m0/s1. The Morgan fingerprint density at radius 1 is 1.00 bits per heavy atom. The lowest BCUT2D eigenvalue weighted by molar-refractivity contribution is -0.121. The Kier molecular flexibility index (Phi) is 5.57. The van der Waals surface area contributed by atoms with E-state index in [9.17, 15) is 4.79 Å². The van der Waals surface area contributed by atoms with Gasteiger partial charge in [0.25, 0.3) is 0 Å². The molecule has 0 unspecified atom stereocenters. The number of carbonyl (C=O) groups is 1. The van der Waals surface area contributed by atoms with Crippen molar-refractivity contribution in [3.05, 3.63) is 96.1 Å². The van der Waals surface area contributed by atoms with Crippen LogP contribution in [0.5, 0.6) is 0 Å². The lowest BCUT2D eigenvalue weighted by Crippen LogP contribution is -2.24. The van der Waals surface area contributed by atoms with Crippen LogP contribution in [-0.2, 0) is 17.8 Å². The number of aryl methyl sites for hydroxylation is 1. The molecule has 0 radical (unpaired) electrons. The van der Waals surface area contributed by atoms with Crippen LogP contribution in [0, 0.1) is 0 Å². The molecule has 0 aliphatic heterocycles. The van der Waals surface area contributed by atoms with Gasteiger partial charge in [0.2, 0.25) is 5.91 Å². The van der Waals surface area contributed by atoms with Gasteiger partial charge < -0.3 is 14.7 Å². The average Bonchev–Trinajstić information content (AvgIpc) is 3.40. The minimum absolute atomic E-state index is 0.0414. The van der Waals surface area contributed by atoms with Crippen LogP contribution >= 0.6 is 0 Å². The second-order valence-electron chi connectivity index (χ2n) is 7.07. The van der Waals surface area contributed by atoms with E-state index in [-0.39, 0.29) is 11.8 Å². The molecule has 4 aromatic rings. The number of furan rings is 1. The molecule has 0 saturated heterocycles. The van der Waals surface area contributed by atoms with Gasteiger partial charge in [-0.25, -0.2) is 0 Å². The second kappa shape index (κ2) is 8.61. The summed E-state index contributed by atoms with van der Waals surface area (Å²) in [7, 11) is 0. The Bertz CT molecular complexity index is 1020. The van der Waals surface area contributed by atoms with Crippen molar-refractivity contribution in [2.45, 2.75) is 31.7 Å². The van der Waals surface area contributed by atoms with Crippen LogP contribution in [0.4, 0.5) is 0 Å². The van der Waals surface area contributed by atoms with Crippen LogP contribution in [0.3, 0.4) is 0 Å². The smallest absolute Gasteiger partial charge is 0.220 e. The monoisotopic (exact) mass is 372 g/mol. The molecule has 142 valence electrons.